The van der Waals surface area contributed by atoms with E-state index in [2.05, 4.69) is 31.3 Å². The van der Waals surface area contributed by atoms with Gasteiger partial charge in [0.1, 0.15) is 11.5 Å². The summed E-state index contributed by atoms with van der Waals surface area (Å²) in [5.41, 5.74) is 0. The third kappa shape index (κ3) is 2.49. The molecule has 0 spiro atoms. The Morgan fingerprint density at radius 2 is 2.19 bits per heavy atom. The highest BCUT2D eigenvalue weighted by atomic mass is 16.3. The zero-order valence-corrected chi connectivity index (χ0v) is 10.5. The molecule has 0 aromatic carbocycles. The van der Waals surface area contributed by atoms with Gasteiger partial charge in [0.15, 0.2) is 0 Å². The summed E-state index contributed by atoms with van der Waals surface area (Å²) in [6.45, 7) is 5.44. The van der Waals surface area contributed by atoms with Crippen molar-refractivity contribution < 1.29 is 4.42 Å². The predicted molar refractivity (Wildman–Crippen MR) is 66.5 cm³/mol. The maximum Gasteiger partial charge on any atom is 0.121 e. The van der Waals surface area contributed by atoms with Crippen LogP contribution in [0.2, 0.25) is 0 Å². The summed E-state index contributed by atoms with van der Waals surface area (Å²) >= 11 is 0. The summed E-state index contributed by atoms with van der Waals surface area (Å²) in [5, 5.41) is 3.63. The van der Waals surface area contributed by atoms with E-state index in [4.69, 9.17) is 4.42 Å². The summed E-state index contributed by atoms with van der Waals surface area (Å²) in [7, 11) is 0. The van der Waals surface area contributed by atoms with Crippen molar-refractivity contribution in [2.75, 3.05) is 6.54 Å². The Kier molecular flexibility index (Phi) is 4.05. The van der Waals surface area contributed by atoms with Gasteiger partial charge in [0, 0.05) is 6.42 Å². The van der Waals surface area contributed by atoms with E-state index >= 15 is 0 Å². The SMILES string of the molecule is CCCNC(c1ccc(CC)o1)C1CCC1. The second-order valence-corrected chi connectivity index (χ2v) is 4.78. The van der Waals surface area contributed by atoms with Gasteiger partial charge >= 0.3 is 0 Å². The van der Waals surface area contributed by atoms with E-state index in [1.807, 2.05) is 0 Å². The minimum atomic E-state index is 0.453. The fraction of sp³-hybridized carbons (Fsp3) is 0.714. The molecule has 1 aromatic heterocycles. The van der Waals surface area contributed by atoms with Crippen LogP contribution in [0.15, 0.2) is 16.5 Å². The molecule has 0 bridgehead atoms. The predicted octanol–water partition coefficient (Wildman–Crippen LogP) is 3.68. The average Bonchev–Trinajstić information content (AvgIpc) is 2.69. The summed E-state index contributed by atoms with van der Waals surface area (Å²) in [6.07, 6.45) is 6.26. The quantitative estimate of drug-likeness (QED) is 0.792. The number of nitrogens with one attached hydrogen (secondary N) is 1. The highest BCUT2D eigenvalue weighted by molar-refractivity contribution is 5.12. The van der Waals surface area contributed by atoms with Crippen LogP contribution in [-0.2, 0) is 6.42 Å². The summed E-state index contributed by atoms with van der Waals surface area (Å²) in [4.78, 5) is 0. The van der Waals surface area contributed by atoms with Gasteiger partial charge in [-0.2, -0.15) is 0 Å². The maximum atomic E-state index is 5.89. The first kappa shape index (κ1) is 11.7. The Morgan fingerprint density at radius 3 is 2.69 bits per heavy atom. The van der Waals surface area contributed by atoms with E-state index in [9.17, 15) is 0 Å². The molecule has 16 heavy (non-hydrogen) atoms. The number of hydrogen-bond acceptors (Lipinski definition) is 2. The van der Waals surface area contributed by atoms with Crippen LogP contribution in [0.3, 0.4) is 0 Å². The normalized spacial score (nSPS) is 18.4. The summed E-state index contributed by atoms with van der Waals surface area (Å²) < 4.78 is 5.89. The van der Waals surface area contributed by atoms with E-state index in [0.717, 1.165) is 30.4 Å². The van der Waals surface area contributed by atoms with Gasteiger partial charge in [0.05, 0.1) is 6.04 Å². The van der Waals surface area contributed by atoms with Crippen molar-refractivity contribution in [3.05, 3.63) is 23.7 Å². The van der Waals surface area contributed by atoms with Crippen LogP contribution in [0.1, 0.15) is 57.1 Å². The van der Waals surface area contributed by atoms with Crippen LogP contribution in [-0.4, -0.2) is 6.54 Å². The zero-order chi connectivity index (χ0) is 11.4. The lowest BCUT2D eigenvalue weighted by Gasteiger charge is -2.33. The number of rotatable bonds is 6. The van der Waals surface area contributed by atoms with E-state index in [-0.39, 0.29) is 0 Å². The first-order valence-corrected chi connectivity index (χ1v) is 6.67. The van der Waals surface area contributed by atoms with E-state index in [0.29, 0.717) is 6.04 Å². The summed E-state index contributed by atoms with van der Waals surface area (Å²) in [5.74, 6) is 3.05. The molecule has 2 nitrogen and oxygen atoms in total. The van der Waals surface area contributed by atoms with Crippen LogP contribution in [0.25, 0.3) is 0 Å². The standard InChI is InChI=1S/C14H23NO/c1-3-10-15-14(11-6-5-7-11)13-9-8-12(4-2)16-13/h8-9,11,14-15H,3-7,10H2,1-2H3. The molecule has 1 fully saturated rings. The van der Waals surface area contributed by atoms with E-state index in [1.54, 1.807) is 0 Å². The van der Waals surface area contributed by atoms with Crippen molar-refractivity contribution >= 4 is 0 Å². The molecule has 1 aromatic rings. The van der Waals surface area contributed by atoms with Gasteiger partial charge in [-0.1, -0.05) is 20.3 Å². The lowest BCUT2D eigenvalue weighted by molar-refractivity contribution is 0.206. The molecule has 90 valence electrons. The van der Waals surface area contributed by atoms with Crippen molar-refractivity contribution in [1.82, 2.24) is 5.32 Å². The van der Waals surface area contributed by atoms with Crippen molar-refractivity contribution in [1.29, 1.82) is 0 Å². The van der Waals surface area contributed by atoms with E-state index in [1.165, 1.54) is 25.7 Å². The molecule has 0 aliphatic heterocycles. The van der Waals surface area contributed by atoms with Gasteiger partial charge in [-0.15, -0.1) is 0 Å². The van der Waals surface area contributed by atoms with Crippen molar-refractivity contribution in [3.8, 4) is 0 Å². The molecule has 0 amide bonds. The monoisotopic (exact) mass is 221 g/mol. The first-order valence-electron chi connectivity index (χ1n) is 6.67. The molecule has 1 saturated carbocycles. The van der Waals surface area contributed by atoms with Crippen molar-refractivity contribution in [3.63, 3.8) is 0 Å². The number of aryl methyl sites for hydroxylation is 1. The third-order valence-corrected chi connectivity index (χ3v) is 3.57. The van der Waals surface area contributed by atoms with Gasteiger partial charge in [-0.05, 0) is 43.9 Å². The number of hydrogen-bond donors (Lipinski definition) is 1. The molecule has 1 heterocycles. The smallest absolute Gasteiger partial charge is 0.121 e. The molecule has 1 aliphatic carbocycles. The van der Waals surface area contributed by atoms with Crippen LogP contribution in [0.5, 0.6) is 0 Å². The molecular weight excluding hydrogens is 198 g/mol. The highest BCUT2D eigenvalue weighted by Crippen LogP contribution is 2.38. The molecule has 2 heteroatoms. The van der Waals surface area contributed by atoms with E-state index < -0.39 is 0 Å². The lowest BCUT2D eigenvalue weighted by atomic mass is 9.79. The Balaban J connectivity index is 2.04. The lowest BCUT2D eigenvalue weighted by Crippen LogP contribution is -2.32. The Morgan fingerprint density at radius 1 is 1.38 bits per heavy atom. The topological polar surface area (TPSA) is 25.2 Å². The molecule has 0 saturated heterocycles. The van der Waals surface area contributed by atoms with Gasteiger partial charge in [-0.3, -0.25) is 0 Å². The first-order chi connectivity index (χ1) is 7.85. The fourth-order valence-corrected chi connectivity index (χ4v) is 2.32. The largest absolute Gasteiger partial charge is 0.464 e. The van der Waals surface area contributed by atoms with Crippen molar-refractivity contribution in [2.45, 2.75) is 52.0 Å². The maximum absolute atomic E-state index is 5.89. The van der Waals surface area contributed by atoms with Gasteiger partial charge < -0.3 is 9.73 Å². The average molecular weight is 221 g/mol. The van der Waals surface area contributed by atoms with Gasteiger partial charge in [0.2, 0.25) is 0 Å². The minimum Gasteiger partial charge on any atom is -0.464 e. The van der Waals surface area contributed by atoms with Gasteiger partial charge in [0.25, 0.3) is 0 Å². The number of furan rings is 1. The van der Waals surface area contributed by atoms with Crippen molar-refractivity contribution in [2.24, 2.45) is 5.92 Å². The Hall–Kier alpha value is -0.760. The molecule has 1 aliphatic rings. The Labute approximate surface area is 98.4 Å². The molecule has 1 N–H and O–H groups in total. The highest BCUT2D eigenvalue weighted by Gasteiger charge is 2.29. The second-order valence-electron chi connectivity index (χ2n) is 4.78. The molecular formula is C14H23NO. The molecule has 1 unspecified atom stereocenters. The minimum absolute atomic E-state index is 0.453. The second kappa shape index (κ2) is 5.53. The molecule has 2 rings (SSSR count). The zero-order valence-electron chi connectivity index (χ0n) is 10.5. The fourth-order valence-electron chi connectivity index (χ4n) is 2.32. The third-order valence-electron chi connectivity index (χ3n) is 3.57. The van der Waals surface area contributed by atoms with Crippen LogP contribution in [0, 0.1) is 5.92 Å². The Bertz CT molecular complexity index is 314. The van der Waals surface area contributed by atoms with Gasteiger partial charge in [-0.25, -0.2) is 0 Å². The molecule has 0 radical (unpaired) electrons. The van der Waals surface area contributed by atoms with Crippen LogP contribution in [0.4, 0.5) is 0 Å². The van der Waals surface area contributed by atoms with Crippen LogP contribution >= 0.6 is 0 Å². The molecule has 1 atom stereocenters. The van der Waals surface area contributed by atoms with Crippen LogP contribution < -0.4 is 5.32 Å². The summed E-state index contributed by atoms with van der Waals surface area (Å²) in [6, 6.07) is 4.73.